The van der Waals surface area contributed by atoms with Crippen molar-refractivity contribution in [3.8, 4) is 0 Å². The van der Waals surface area contributed by atoms with E-state index in [9.17, 15) is 13.2 Å². The van der Waals surface area contributed by atoms with Gasteiger partial charge in [0.1, 0.15) is 11.5 Å². The Kier molecular flexibility index (Phi) is 5.50. The van der Waals surface area contributed by atoms with Gasteiger partial charge in [0.2, 0.25) is 0 Å². The number of amides is 1. The summed E-state index contributed by atoms with van der Waals surface area (Å²) in [7, 11) is -3.54. The maximum absolute atomic E-state index is 12.3. The number of furan rings is 1. The van der Waals surface area contributed by atoms with Crippen LogP contribution < -0.4 is 5.48 Å². The maximum Gasteiger partial charge on any atom is 0.310 e. The highest BCUT2D eigenvalue weighted by molar-refractivity contribution is 7.90. The van der Waals surface area contributed by atoms with E-state index in [1.54, 1.807) is 18.2 Å². The average Bonchev–Trinajstić information content (AvgIpc) is 3.11. The molecule has 0 aliphatic rings. The zero-order valence-corrected chi connectivity index (χ0v) is 14.6. The summed E-state index contributed by atoms with van der Waals surface area (Å²) in [6, 6.07) is 20.3. The largest absolute Gasteiger partial charge is 0.455 e. The van der Waals surface area contributed by atoms with E-state index in [-0.39, 0.29) is 28.8 Å². The topological polar surface area (TPSA) is 85.6 Å². The second-order valence-corrected chi connectivity index (χ2v) is 7.53. The minimum Gasteiger partial charge on any atom is -0.455 e. The molecule has 134 valence electrons. The molecule has 0 aliphatic heterocycles. The van der Waals surface area contributed by atoms with Crippen molar-refractivity contribution in [2.75, 3.05) is 0 Å². The third kappa shape index (κ3) is 4.59. The molecule has 3 rings (SSSR count). The van der Waals surface area contributed by atoms with Crippen LogP contribution in [-0.4, -0.2) is 14.3 Å². The zero-order valence-electron chi connectivity index (χ0n) is 13.8. The summed E-state index contributed by atoms with van der Waals surface area (Å²) in [5.41, 5.74) is 3.18. The van der Waals surface area contributed by atoms with Crippen molar-refractivity contribution in [3.05, 3.63) is 89.9 Å². The SMILES string of the molecule is O=C(NOCc1ccccc1)c1ccc(CS(=O)(=O)c2ccccc2)o1. The lowest BCUT2D eigenvalue weighted by molar-refractivity contribution is 0.0211. The molecule has 1 aromatic heterocycles. The van der Waals surface area contributed by atoms with Crippen LogP contribution in [0.4, 0.5) is 0 Å². The molecule has 3 aromatic rings. The molecule has 0 unspecified atom stereocenters. The lowest BCUT2D eigenvalue weighted by Crippen LogP contribution is -2.23. The smallest absolute Gasteiger partial charge is 0.310 e. The van der Waals surface area contributed by atoms with Crippen LogP contribution in [-0.2, 0) is 27.0 Å². The minimum atomic E-state index is -3.54. The molecule has 2 aromatic carbocycles. The Bertz CT molecular complexity index is 965. The van der Waals surface area contributed by atoms with Gasteiger partial charge in [0, 0.05) is 0 Å². The normalized spacial score (nSPS) is 11.2. The minimum absolute atomic E-state index is 0.0173. The highest BCUT2D eigenvalue weighted by Gasteiger charge is 2.19. The van der Waals surface area contributed by atoms with E-state index in [0.29, 0.717) is 0 Å². The summed E-state index contributed by atoms with van der Waals surface area (Å²) in [4.78, 5) is 17.3. The highest BCUT2D eigenvalue weighted by Crippen LogP contribution is 2.18. The first-order valence-electron chi connectivity index (χ1n) is 7.87. The van der Waals surface area contributed by atoms with Gasteiger partial charge in [-0.3, -0.25) is 9.63 Å². The number of carbonyl (C=O) groups is 1. The van der Waals surface area contributed by atoms with Gasteiger partial charge in [0.25, 0.3) is 0 Å². The number of carbonyl (C=O) groups excluding carboxylic acids is 1. The van der Waals surface area contributed by atoms with Crippen molar-refractivity contribution < 1.29 is 22.5 Å². The summed E-state index contributed by atoms with van der Waals surface area (Å²) >= 11 is 0. The van der Waals surface area contributed by atoms with Crippen LogP contribution in [0.25, 0.3) is 0 Å². The van der Waals surface area contributed by atoms with Crippen molar-refractivity contribution >= 4 is 15.7 Å². The number of hydrogen-bond donors (Lipinski definition) is 1. The highest BCUT2D eigenvalue weighted by atomic mass is 32.2. The fraction of sp³-hybridized carbons (Fsp3) is 0.105. The number of rotatable bonds is 7. The summed E-state index contributed by atoms with van der Waals surface area (Å²) in [5, 5.41) is 0. The zero-order chi connectivity index (χ0) is 18.4. The van der Waals surface area contributed by atoms with Gasteiger partial charge in [0.15, 0.2) is 15.6 Å². The summed E-state index contributed by atoms with van der Waals surface area (Å²) in [5.74, 6) is -0.738. The van der Waals surface area contributed by atoms with Gasteiger partial charge in [0.05, 0.1) is 11.5 Å². The molecule has 0 saturated carbocycles. The van der Waals surface area contributed by atoms with E-state index >= 15 is 0 Å². The molecule has 7 heteroatoms. The fourth-order valence-corrected chi connectivity index (χ4v) is 3.55. The second-order valence-electron chi connectivity index (χ2n) is 5.54. The first-order chi connectivity index (χ1) is 12.5. The van der Waals surface area contributed by atoms with Gasteiger partial charge in [-0.2, -0.15) is 0 Å². The van der Waals surface area contributed by atoms with Gasteiger partial charge in [-0.05, 0) is 29.8 Å². The van der Waals surface area contributed by atoms with Crippen LogP contribution >= 0.6 is 0 Å². The molecule has 0 bridgehead atoms. The van der Waals surface area contributed by atoms with Crippen LogP contribution in [0.3, 0.4) is 0 Å². The van der Waals surface area contributed by atoms with E-state index < -0.39 is 15.7 Å². The Labute approximate surface area is 151 Å². The van der Waals surface area contributed by atoms with E-state index in [0.717, 1.165) is 5.56 Å². The van der Waals surface area contributed by atoms with Crippen LogP contribution in [0.15, 0.2) is 82.1 Å². The van der Waals surface area contributed by atoms with Gasteiger partial charge in [-0.15, -0.1) is 0 Å². The van der Waals surface area contributed by atoms with Crippen molar-refractivity contribution in [2.24, 2.45) is 0 Å². The van der Waals surface area contributed by atoms with Crippen molar-refractivity contribution in [1.82, 2.24) is 5.48 Å². The first-order valence-corrected chi connectivity index (χ1v) is 9.52. The Hall–Kier alpha value is -2.90. The molecule has 0 saturated heterocycles. The van der Waals surface area contributed by atoms with Crippen LogP contribution in [0.2, 0.25) is 0 Å². The Morgan fingerprint density at radius 2 is 1.58 bits per heavy atom. The molecule has 0 aliphatic carbocycles. The maximum atomic E-state index is 12.3. The number of hydroxylamine groups is 1. The Morgan fingerprint density at radius 3 is 2.27 bits per heavy atom. The van der Waals surface area contributed by atoms with Crippen molar-refractivity contribution in [3.63, 3.8) is 0 Å². The molecule has 1 amide bonds. The number of sulfone groups is 1. The molecular weight excluding hydrogens is 354 g/mol. The van der Waals surface area contributed by atoms with Crippen LogP contribution in [0.1, 0.15) is 21.9 Å². The van der Waals surface area contributed by atoms with Crippen LogP contribution in [0, 0.1) is 0 Å². The first kappa shape index (κ1) is 17.9. The molecule has 0 spiro atoms. The van der Waals surface area contributed by atoms with Crippen LogP contribution in [0.5, 0.6) is 0 Å². The van der Waals surface area contributed by atoms with E-state index in [1.165, 1.54) is 24.3 Å². The van der Waals surface area contributed by atoms with Crippen molar-refractivity contribution in [1.29, 1.82) is 0 Å². The Morgan fingerprint density at radius 1 is 0.923 bits per heavy atom. The number of nitrogens with one attached hydrogen (secondary N) is 1. The quantitative estimate of drug-likeness (QED) is 0.645. The van der Waals surface area contributed by atoms with Gasteiger partial charge in [-0.1, -0.05) is 48.5 Å². The lowest BCUT2D eigenvalue weighted by Gasteiger charge is -2.04. The van der Waals surface area contributed by atoms with E-state index in [4.69, 9.17) is 9.25 Å². The molecule has 6 nitrogen and oxygen atoms in total. The fourth-order valence-electron chi connectivity index (χ4n) is 2.29. The monoisotopic (exact) mass is 371 g/mol. The summed E-state index contributed by atoms with van der Waals surface area (Å²) in [6.07, 6.45) is 0. The predicted molar refractivity (Wildman–Crippen MR) is 94.7 cm³/mol. The van der Waals surface area contributed by atoms with Crippen molar-refractivity contribution in [2.45, 2.75) is 17.3 Å². The third-order valence-corrected chi connectivity index (χ3v) is 5.22. The molecule has 0 fully saturated rings. The lowest BCUT2D eigenvalue weighted by atomic mass is 10.2. The number of hydrogen-bond acceptors (Lipinski definition) is 5. The standard InChI is InChI=1S/C19H17NO5S/c21-19(20-24-13-15-7-3-1-4-8-15)18-12-11-16(25-18)14-26(22,23)17-9-5-2-6-10-17/h1-12H,13-14H2,(H,20,21). The molecule has 1 heterocycles. The molecule has 26 heavy (non-hydrogen) atoms. The second kappa shape index (κ2) is 7.99. The number of benzene rings is 2. The third-order valence-electron chi connectivity index (χ3n) is 3.57. The molecular formula is C19H17NO5S. The van der Waals surface area contributed by atoms with E-state index in [2.05, 4.69) is 5.48 Å². The van der Waals surface area contributed by atoms with Gasteiger partial charge < -0.3 is 4.42 Å². The summed E-state index contributed by atoms with van der Waals surface area (Å²) < 4.78 is 30.0. The van der Waals surface area contributed by atoms with Gasteiger partial charge in [-0.25, -0.2) is 13.9 Å². The van der Waals surface area contributed by atoms with E-state index in [1.807, 2.05) is 30.3 Å². The predicted octanol–water partition coefficient (Wildman–Crippen LogP) is 3.12. The molecule has 0 atom stereocenters. The molecule has 0 radical (unpaired) electrons. The molecule has 1 N–H and O–H groups in total. The average molecular weight is 371 g/mol. The van der Waals surface area contributed by atoms with Gasteiger partial charge >= 0.3 is 5.91 Å². The summed E-state index contributed by atoms with van der Waals surface area (Å²) in [6.45, 7) is 0.211. The Balaban J connectivity index is 1.58.